The van der Waals surface area contributed by atoms with Crippen LogP contribution in [0, 0.1) is 23.6 Å². The van der Waals surface area contributed by atoms with Crippen LogP contribution in [0.4, 0.5) is 9.18 Å². The first-order valence-electron chi connectivity index (χ1n) is 15.7. The number of benzene rings is 1. The number of nitrogens with one attached hydrogen (secondary N) is 1. The predicted molar refractivity (Wildman–Crippen MR) is 169 cm³/mol. The fraction of sp³-hybridized carbons (Fsp3) is 0.576. The highest BCUT2D eigenvalue weighted by atomic mass is 19.1. The second-order valence-electron chi connectivity index (χ2n) is 12.3. The van der Waals surface area contributed by atoms with Crippen LogP contribution in [0.3, 0.4) is 0 Å². The molecule has 6 atom stereocenters. The zero-order valence-corrected chi connectivity index (χ0v) is 26.6. The van der Waals surface area contributed by atoms with Gasteiger partial charge in [-0.2, -0.15) is 5.10 Å². The van der Waals surface area contributed by atoms with Gasteiger partial charge < -0.3 is 34.0 Å². The Morgan fingerprint density at radius 3 is 2.62 bits per heavy atom. The summed E-state index contributed by atoms with van der Waals surface area (Å²) >= 11 is 0. The average Bonchev–Trinajstić information content (AvgIpc) is 3.69. The van der Waals surface area contributed by atoms with Gasteiger partial charge in [0.25, 0.3) is 0 Å². The minimum Gasteiger partial charge on any atom is -0.442 e. The number of carbonyl (C=O) groups excluding carboxylic acids is 3. The van der Waals surface area contributed by atoms with Crippen LogP contribution in [-0.4, -0.2) is 102 Å². The van der Waals surface area contributed by atoms with Crippen molar-refractivity contribution in [2.75, 3.05) is 46.6 Å². The Morgan fingerprint density at radius 2 is 1.96 bits per heavy atom. The molecule has 1 unspecified atom stereocenters. The number of aliphatic hydroxyl groups is 1. The van der Waals surface area contributed by atoms with E-state index < -0.39 is 30.0 Å². The van der Waals surface area contributed by atoms with Crippen molar-refractivity contribution < 1.29 is 33.4 Å². The first kappa shape index (κ1) is 34.4. The number of likely N-dealkylation sites (N-methyl/N-ethyl adjacent to an activating group) is 1. The fourth-order valence-electron chi connectivity index (χ4n) is 5.78. The van der Waals surface area contributed by atoms with E-state index in [0.29, 0.717) is 62.0 Å². The van der Waals surface area contributed by atoms with Gasteiger partial charge in [-0.25, -0.2) is 13.9 Å². The van der Waals surface area contributed by atoms with Crippen LogP contribution in [0.15, 0.2) is 36.1 Å². The van der Waals surface area contributed by atoms with Crippen molar-refractivity contribution in [3.8, 4) is 0 Å². The molecule has 0 aliphatic carbocycles. The Balaban J connectivity index is 1.50. The van der Waals surface area contributed by atoms with E-state index in [1.807, 2.05) is 52.1 Å². The Bertz CT molecular complexity index is 1360. The highest BCUT2D eigenvalue weighted by molar-refractivity contribution is 5.82. The summed E-state index contributed by atoms with van der Waals surface area (Å²) in [7, 11) is 2.01. The molecule has 1 aromatic heterocycles. The topological polar surface area (TPSA) is 126 Å². The number of allylic oxidation sites excluding steroid dienone is 2. The lowest BCUT2D eigenvalue weighted by molar-refractivity contribution is -0.111. The van der Waals surface area contributed by atoms with Crippen molar-refractivity contribution in [3.05, 3.63) is 47.4 Å². The molecular formula is C33H46FN5O6. The molecule has 11 nitrogen and oxygen atoms in total. The maximum atomic E-state index is 15.0. The van der Waals surface area contributed by atoms with Crippen molar-refractivity contribution >= 4 is 35.6 Å². The minimum absolute atomic E-state index is 0.0586. The molecule has 2 fully saturated rings. The average molecular weight is 628 g/mol. The van der Waals surface area contributed by atoms with E-state index in [4.69, 9.17) is 9.47 Å². The first-order valence-corrected chi connectivity index (χ1v) is 15.7. The maximum absolute atomic E-state index is 15.0. The highest BCUT2D eigenvalue weighted by Crippen LogP contribution is 2.28. The van der Waals surface area contributed by atoms with Gasteiger partial charge in [-0.05, 0) is 62.4 Å². The van der Waals surface area contributed by atoms with Crippen molar-refractivity contribution in [2.45, 2.75) is 58.4 Å². The van der Waals surface area contributed by atoms with E-state index in [9.17, 15) is 19.5 Å². The largest absolute Gasteiger partial charge is 0.442 e. The fourth-order valence-corrected chi connectivity index (χ4v) is 5.78. The lowest BCUT2D eigenvalue weighted by Gasteiger charge is -2.33. The van der Waals surface area contributed by atoms with Crippen LogP contribution >= 0.6 is 0 Å². The molecule has 12 heteroatoms. The second kappa shape index (κ2) is 16.2. The highest BCUT2D eigenvalue weighted by Gasteiger charge is 2.27. The number of hydrogen-bond donors (Lipinski definition) is 2. The zero-order valence-electron chi connectivity index (χ0n) is 26.6. The summed E-state index contributed by atoms with van der Waals surface area (Å²) < 4.78 is 28.1. The van der Waals surface area contributed by atoms with Crippen LogP contribution < -0.4 is 5.32 Å². The lowest BCUT2D eigenvalue weighted by Crippen LogP contribution is -2.48. The van der Waals surface area contributed by atoms with Crippen LogP contribution in [0.1, 0.15) is 51.8 Å². The summed E-state index contributed by atoms with van der Waals surface area (Å²) in [6, 6.07) is 3.29. The number of aromatic nitrogens is 2. The molecule has 0 spiro atoms. The predicted octanol–water partition coefficient (Wildman–Crippen LogP) is 3.78. The van der Waals surface area contributed by atoms with Gasteiger partial charge in [-0.1, -0.05) is 31.6 Å². The number of ether oxygens (including phenoxy) is 2. The number of amides is 1. The Morgan fingerprint density at radius 1 is 1.20 bits per heavy atom. The Labute approximate surface area is 264 Å². The minimum atomic E-state index is -0.750. The Kier molecular flexibility index (Phi) is 12.4. The summed E-state index contributed by atoms with van der Waals surface area (Å²) in [6.45, 7) is 9.19. The summed E-state index contributed by atoms with van der Waals surface area (Å²) in [6.07, 6.45) is 7.64. The maximum Gasteiger partial charge on any atom is 0.410 e. The summed E-state index contributed by atoms with van der Waals surface area (Å²) in [5.41, 5.74) is 2.00. The molecular weight excluding hydrogens is 581 g/mol. The molecule has 2 aliphatic rings. The monoisotopic (exact) mass is 627 g/mol. The summed E-state index contributed by atoms with van der Waals surface area (Å²) in [5.74, 6) is -1.30. The van der Waals surface area contributed by atoms with Gasteiger partial charge in [0.1, 0.15) is 30.7 Å². The number of fused-ring (bicyclic) bond motifs is 1. The molecule has 0 saturated carbocycles. The number of halogens is 1. The number of carbonyl (C=O) groups is 3. The van der Waals surface area contributed by atoms with Gasteiger partial charge in [0, 0.05) is 38.5 Å². The second-order valence-corrected chi connectivity index (χ2v) is 12.3. The van der Waals surface area contributed by atoms with Crippen LogP contribution in [0.2, 0.25) is 0 Å². The molecule has 1 aromatic carbocycles. The molecule has 3 heterocycles. The van der Waals surface area contributed by atoms with Crippen molar-refractivity contribution in [2.24, 2.45) is 17.8 Å². The molecule has 45 heavy (non-hydrogen) atoms. The Hall–Kier alpha value is -3.45. The standard InChI is InChI=1S/C33H46FN5O6/c1-22(6-8-31(23(2)5-7-26(42)9-14-40)45-33(43)38-12-10-37(4)11-13-38)28(19-41)24(3)15-25-16-29(34)27-18-36-39(30(27)17-25)32-20-44-21-35-32/h6,8,14-19,22-23,26,28,31-32,35,42H,5,7,9-13,20-21H2,1-4H3/b8-6+,24-15+/t22-,23-,26+,28-,31-,32?/m0/s1. The molecule has 0 radical (unpaired) electrons. The molecule has 2 aromatic rings. The number of piperazine rings is 1. The van der Waals surface area contributed by atoms with Gasteiger partial charge in [0.05, 0.1) is 36.5 Å². The number of nitrogens with zero attached hydrogens (tertiary/aromatic N) is 4. The molecule has 2 aliphatic heterocycles. The van der Waals surface area contributed by atoms with Crippen molar-refractivity contribution in [3.63, 3.8) is 0 Å². The third kappa shape index (κ3) is 9.06. The normalized spacial score (nSPS) is 21.5. The summed E-state index contributed by atoms with van der Waals surface area (Å²) in [4.78, 5) is 40.0. The van der Waals surface area contributed by atoms with E-state index in [1.54, 1.807) is 9.58 Å². The van der Waals surface area contributed by atoms with Gasteiger partial charge in [-0.15, -0.1) is 0 Å². The molecule has 246 valence electrons. The van der Waals surface area contributed by atoms with Gasteiger partial charge in [-0.3, -0.25) is 5.32 Å². The number of hydrogen-bond acceptors (Lipinski definition) is 9. The third-order valence-electron chi connectivity index (χ3n) is 8.80. The first-order chi connectivity index (χ1) is 21.6. The number of aliphatic hydroxyl groups excluding tert-OH is 1. The van der Waals surface area contributed by atoms with Crippen LogP contribution in [0.5, 0.6) is 0 Å². The van der Waals surface area contributed by atoms with E-state index in [2.05, 4.69) is 15.3 Å². The lowest BCUT2D eigenvalue weighted by atomic mass is 9.86. The van der Waals surface area contributed by atoms with Crippen LogP contribution in [0.25, 0.3) is 17.0 Å². The number of aldehydes is 2. The van der Waals surface area contributed by atoms with Gasteiger partial charge in [0.2, 0.25) is 0 Å². The van der Waals surface area contributed by atoms with Crippen LogP contribution in [-0.2, 0) is 19.1 Å². The third-order valence-corrected chi connectivity index (χ3v) is 8.80. The van der Waals surface area contributed by atoms with Gasteiger partial charge in [0.15, 0.2) is 0 Å². The quantitative estimate of drug-likeness (QED) is 0.238. The zero-order chi connectivity index (χ0) is 32.5. The molecule has 2 N–H and O–H groups in total. The number of rotatable bonds is 14. The van der Waals surface area contributed by atoms with E-state index in [1.165, 1.54) is 12.3 Å². The van der Waals surface area contributed by atoms with Crippen molar-refractivity contribution in [1.29, 1.82) is 0 Å². The summed E-state index contributed by atoms with van der Waals surface area (Å²) in [5, 5.41) is 18.0. The SMILES string of the molecule is C/C(=C\c1cc(F)c2cnn(C3COCN3)c2c1)[C@@H](C=O)[C@@H](C)/C=C/[C@H](OC(=O)N1CCN(C)CC1)[C@@H](C)CC[C@@H](O)CC=O. The molecule has 0 bridgehead atoms. The van der Waals surface area contributed by atoms with E-state index in [-0.39, 0.29) is 24.4 Å². The van der Waals surface area contributed by atoms with Crippen molar-refractivity contribution in [1.82, 2.24) is 24.9 Å². The van der Waals surface area contributed by atoms with Gasteiger partial charge >= 0.3 is 6.09 Å². The molecule has 2 saturated heterocycles. The molecule has 1 amide bonds. The van der Waals surface area contributed by atoms with E-state index >= 15 is 4.39 Å². The molecule has 4 rings (SSSR count). The van der Waals surface area contributed by atoms with E-state index in [0.717, 1.165) is 24.9 Å². The smallest absolute Gasteiger partial charge is 0.410 e.